The molecule has 1 N–H and O–H groups in total. The SMILES string of the molecule is CCCc1ncn(C)c1CCNC. The molecule has 3 heteroatoms. The molecule has 1 aromatic rings. The number of likely N-dealkylation sites (N-methyl/N-ethyl adjacent to an activating group) is 1. The van der Waals surface area contributed by atoms with Gasteiger partial charge in [0.25, 0.3) is 0 Å². The maximum absolute atomic E-state index is 4.39. The number of nitrogens with one attached hydrogen (secondary N) is 1. The molecule has 3 nitrogen and oxygen atoms in total. The van der Waals surface area contributed by atoms with Gasteiger partial charge in [0, 0.05) is 25.7 Å². The van der Waals surface area contributed by atoms with Crippen molar-refractivity contribution in [3.8, 4) is 0 Å². The molecule has 1 rings (SSSR count). The maximum atomic E-state index is 4.39. The van der Waals surface area contributed by atoms with Gasteiger partial charge in [-0.3, -0.25) is 0 Å². The zero-order valence-corrected chi connectivity index (χ0v) is 8.80. The summed E-state index contributed by atoms with van der Waals surface area (Å²) in [6, 6.07) is 0. The standard InChI is InChI=1S/C10H19N3/c1-4-5-9-10(6-7-11-2)13(3)8-12-9/h8,11H,4-7H2,1-3H3. The highest BCUT2D eigenvalue weighted by Gasteiger charge is 2.06. The summed E-state index contributed by atoms with van der Waals surface area (Å²) < 4.78 is 2.13. The average Bonchev–Trinajstić information content (AvgIpc) is 2.45. The van der Waals surface area contributed by atoms with E-state index in [1.807, 2.05) is 13.4 Å². The number of hydrogen-bond donors (Lipinski definition) is 1. The van der Waals surface area contributed by atoms with E-state index in [1.165, 1.54) is 17.8 Å². The van der Waals surface area contributed by atoms with Crippen molar-refractivity contribution >= 4 is 0 Å². The molecule has 0 saturated heterocycles. The van der Waals surface area contributed by atoms with Gasteiger partial charge in [0.1, 0.15) is 0 Å². The Hall–Kier alpha value is -0.830. The van der Waals surface area contributed by atoms with E-state index in [1.54, 1.807) is 0 Å². The Kier molecular flexibility index (Phi) is 3.96. The lowest BCUT2D eigenvalue weighted by Gasteiger charge is -2.04. The van der Waals surface area contributed by atoms with Crippen LogP contribution in [-0.2, 0) is 19.9 Å². The third-order valence-corrected chi connectivity index (χ3v) is 2.24. The van der Waals surface area contributed by atoms with Crippen LogP contribution in [0.3, 0.4) is 0 Å². The van der Waals surface area contributed by atoms with Crippen LogP contribution in [-0.4, -0.2) is 23.1 Å². The first-order valence-electron chi connectivity index (χ1n) is 4.93. The van der Waals surface area contributed by atoms with Gasteiger partial charge in [0.15, 0.2) is 0 Å². The molecular formula is C10H19N3. The fourth-order valence-electron chi connectivity index (χ4n) is 1.51. The normalized spacial score (nSPS) is 10.7. The fraction of sp³-hybridized carbons (Fsp3) is 0.700. The molecule has 1 aromatic heterocycles. The third-order valence-electron chi connectivity index (χ3n) is 2.24. The summed E-state index contributed by atoms with van der Waals surface area (Å²) in [4.78, 5) is 4.39. The smallest absolute Gasteiger partial charge is 0.0949 e. The van der Waals surface area contributed by atoms with Crippen molar-refractivity contribution in [2.24, 2.45) is 7.05 Å². The van der Waals surface area contributed by atoms with E-state index in [9.17, 15) is 0 Å². The van der Waals surface area contributed by atoms with Crippen molar-refractivity contribution in [2.45, 2.75) is 26.2 Å². The van der Waals surface area contributed by atoms with E-state index >= 15 is 0 Å². The number of imidazole rings is 1. The monoisotopic (exact) mass is 181 g/mol. The van der Waals surface area contributed by atoms with E-state index in [-0.39, 0.29) is 0 Å². The van der Waals surface area contributed by atoms with Crippen molar-refractivity contribution in [2.75, 3.05) is 13.6 Å². The Bertz CT molecular complexity index is 253. The predicted octanol–water partition coefficient (Wildman–Crippen LogP) is 1.13. The molecule has 0 aliphatic carbocycles. The van der Waals surface area contributed by atoms with Crippen LogP contribution in [0.4, 0.5) is 0 Å². The zero-order valence-electron chi connectivity index (χ0n) is 8.80. The minimum atomic E-state index is 1.02. The Labute approximate surface area is 80.2 Å². The summed E-state index contributed by atoms with van der Waals surface area (Å²) in [5, 5.41) is 3.16. The quantitative estimate of drug-likeness (QED) is 0.738. The van der Waals surface area contributed by atoms with Gasteiger partial charge >= 0.3 is 0 Å². The molecule has 0 fully saturated rings. The molecule has 0 atom stereocenters. The van der Waals surface area contributed by atoms with E-state index < -0.39 is 0 Å². The first-order chi connectivity index (χ1) is 6.29. The Balaban J connectivity index is 2.69. The van der Waals surface area contributed by atoms with E-state index in [4.69, 9.17) is 0 Å². The van der Waals surface area contributed by atoms with E-state index in [2.05, 4.69) is 28.8 Å². The van der Waals surface area contributed by atoms with E-state index in [0.717, 1.165) is 19.4 Å². The number of rotatable bonds is 5. The predicted molar refractivity (Wildman–Crippen MR) is 54.8 cm³/mol. The zero-order chi connectivity index (χ0) is 9.68. The molecule has 0 saturated carbocycles. The second kappa shape index (κ2) is 5.02. The van der Waals surface area contributed by atoms with Gasteiger partial charge in [0.05, 0.1) is 12.0 Å². The molecule has 1 heterocycles. The van der Waals surface area contributed by atoms with Crippen LogP contribution in [0, 0.1) is 0 Å². The van der Waals surface area contributed by atoms with Crippen LogP contribution in [0.2, 0.25) is 0 Å². The third kappa shape index (κ3) is 2.56. The number of hydrogen-bond acceptors (Lipinski definition) is 2. The largest absolute Gasteiger partial charge is 0.337 e. The molecule has 0 bridgehead atoms. The molecule has 13 heavy (non-hydrogen) atoms. The van der Waals surface area contributed by atoms with Gasteiger partial charge in [-0.05, 0) is 13.5 Å². The maximum Gasteiger partial charge on any atom is 0.0949 e. The first kappa shape index (κ1) is 10.3. The van der Waals surface area contributed by atoms with Gasteiger partial charge < -0.3 is 9.88 Å². The van der Waals surface area contributed by atoms with Gasteiger partial charge in [-0.25, -0.2) is 4.98 Å². The molecule has 0 aliphatic heterocycles. The second-order valence-electron chi connectivity index (χ2n) is 3.35. The molecule has 0 spiro atoms. The van der Waals surface area contributed by atoms with Crippen LogP contribution in [0.25, 0.3) is 0 Å². The number of aryl methyl sites for hydroxylation is 2. The van der Waals surface area contributed by atoms with Crippen molar-refractivity contribution in [1.82, 2.24) is 14.9 Å². The minimum Gasteiger partial charge on any atom is -0.337 e. The highest BCUT2D eigenvalue weighted by Crippen LogP contribution is 2.08. The summed E-state index contributed by atoms with van der Waals surface area (Å²) in [6.07, 6.45) is 5.25. The molecule has 0 amide bonds. The minimum absolute atomic E-state index is 1.02. The van der Waals surface area contributed by atoms with Crippen molar-refractivity contribution in [3.05, 3.63) is 17.7 Å². The van der Waals surface area contributed by atoms with Gasteiger partial charge in [-0.15, -0.1) is 0 Å². The Morgan fingerprint density at radius 2 is 2.23 bits per heavy atom. The van der Waals surface area contributed by atoms with Gasteiger partial charge in [0.2, 0.25) is 0 Å². The van der Waals surface area contributed by atoms with Crippen LogP contribution >= 0.6 is 0 Å². The second-order valence-corrected chi connectivity index (χ2v) is 3.35. The molecule has 0 unspecified atom stereocenters. The molecule has 0 aliphatic rings. The number of nitrogens with zero attached hydrogens (tertiary/aromatic N) is 2. The highest BCUT2D eigenvalue weighted by molar-refractivity contribution is 5.13. The van der Waals surface area contributed by atoms with Crippen LogP contribution < -0.4 is 5.32 Å². The van der Waals surface area contributed by atoms with Crippen LogP contribution in [0.15, 0.2) is 6.33 Å². The summed E-state index contributed by atoms with van der Waals surface area (Å²) in [5.74, 6) is 0. The topological polar surface area (TPSA) is 29.9 Å². The Morgan fingerprint density at radius 1 is 1.46 bits per heavy atom. The number of aromatic nitrogens is 2. The highest BCUT2D eigenvalue weighted by atomic mass is 15.0. The summed E-state index contributed by atoms with van der Waals surface area (Å²) in [6.45, 7) is 3.22. The lowest BCUT2D eigenvalue weighted by atomic mass is 10.1. The summed E-state index contributed by atoms with van der Waals surface area (Å²) >= 11 is 0. The lowest BCUT2D eigenvalue weighted by molar-refractivity contribution is 0.725. The molecule has 0 radical (unpaired) electrons. The Morgan fingerprint density at radius 3 is 2.85 bits per heavy atom. The van der Waals surface area contributed by atoms with Crippen molar-refractivity contribution in [1.29, 1.82) is 0 Å². The summed E-state index contributed by atoms with van der Waals surface area (Å²) in [5.41, 5.74) is 2.64. The van der Waals surface area contributed by atoms with E-state index in [0.29, 0.717) is 0 Å². The van der Waals surface area contributed by atoms with Crippen molar-refractivity contribution in [3.63, 3.8) is 0 Å². The fourth-order valence-corrected chi connectivity index (χ4v) is 1.51. The van der Waals surface area contributed by atoms with Gasteiger partial charge in [-0.2, -0.15) is 0 Å². The van der Waals surface area contributed by atoms with Crippen LogP contribution in [0.1, 0.15) is 24.7 Å². The average molecular weight is 181 g/mol. The van der Waals surface area contributed by atoms with Gasteiger partial charge in [-0.1, -0.05) is 13.3 Å². The molecular weight excluding hydrogens is 162 g/mol. The van der Waals surface area contributed by atoms with Crippen LogP contribution in [0.5, 0.6) is 0 Å². The lowest BCUT2D eigenvalue weighted by Crippen LogP contribution is -2.13. The first-order valence-corrected chi connectivity index (χ1v) is 4.93. The molecule has 74 valence electrons. The summed E-state index contributed by atoms with van der Waals surface area (Å²) in [7, 11) is 4.05. The van der Waals surface area contributed by atoms with Crippen molar-refractivity contribution < 1.29 is 0 Å². The molecule has 0 aromatic carbocycles.